The van der Waals surface area contributed by atoms with Crippen LogP contribution in [0.3, 0.4) is 0 Å². The number of halogens is 1. The number of aldehydes is 1. The molecule has 0 aliphatic rings. The summed E-state index contributed by atoms with van der Waals surface area (Å²) in [6, 6.07) is 9.49. The number of nitrogens with zero attached hydrogens (tertiary/aromatic N) is 1. The van der Waals surface area contributed by atoms with E-state index in [2.05, 4.69) is 5.32 Å². The fourth-order valence-electron chi connectivity index (χ4n) is 2.06. The van der Waals surface area contributed by atoms with Gasteiger partial charge in [-0.3, -0.25) is 19.7 Å². The van der Waals surface area contributed by atoms with Crippen LogP contribution in [0.1, 0.15) is 15.9 Å². The molecule has 2 aromatic rings. The molecule has 0 aliphatic heterocycles. The van der Waals surface area contributed by atoms with E-state index < -0.39 is 10.8 Å². The Morgan fingerprint density at radius 2 is 1.96 bits per heavy atom. The molecule has 1 amide bonds. The monoisotopic (exact) mass is 346 g/mol. The van der Waals surface area contributed by atoms with Crippen molar-refractivity contribution in [3.63, 3.8) is 0 Å². The average molecular weight is 346 g/mol. The molecular weight excluding hydrogens is 331 g/mol. The van der Waals surface area contributed by atoms with Crippen LogP contribution in [-0.4, -0.2) is 30.3 Å². The highest BCUT2D eigenvalue weighted by Crippen LogP contribution is 2.22. The molecule has 2 rings (SSSR count). The molecule has 0 fully saturated rings. The van der Waals surface area contributed by atoms with Gasteiger partial charge in [-0.15, -0.1) is 0 Å². The lowest BCUT2D eigenvalue weighted by molar-refractivity contribution is -0.384. The summed E-state index contributed by atoms with van der Waals surface area (Å²) in [5.41, 5.74) is 0.632. The molecule has 8 heteroatoms. The van der Waals surface area contributed by atoms with E-state index in [0.29, 0.717) is 19.3 Å². The van der Waals surface area contributed by atoms with Crippen molar-refractivity contribution < 1.29 is 23.6 Å². The molecule has 0 aliphatic carbocycles. The maximum absolute atomic E-state index is 12.8. The summed E-state index contributed by atoms with van der Waals surface area (Å²) in [6.07, 6.45) is 0.956. The lowest BCUT2D eigenvalue weighted by atomic mass is 10.1. The number of nitro groups is 1. The first-order valence-electron chi connectivity index (χ1n) is 7.37. The zero-order chi connectivity index (χ0) is 18.2. The molecule has 0 heterocycles. The van der Waals surface area contributed by atoms with Crippen LogP contribution < -0.4 is 10.1 Å². The molecule has 130 valence electrons. The molecule has 0 saturated heterocycles. The minimum absolute atomic E-state index is 0.00619. The highest BCUT2D eigenvalue weighted by atomic mass is 19.1. The maximum Gasteiger partial charge on any atom is 0.270 e. The number of carbonyl (C=O) groups excluding carboxylic acids is 2. The number of hydrogen-bond donors (Lipinski definition) is 1. The normalized spacial score (nSPS) is 10.1. The van der Waals surface area contributed by atoms with Crippen molar-refractivity contribution in [2.24, 2.45) is 0 Å². The van der Waals surface area contributed by atoms with Gasteiger partial charge in [0, 0.05) is 18.7 Å². The van der Waals surface area contributed by atoms with E-state index >= 15 is 0 Å². The number of amides is 1. The second-order valence-corrected chi connectivity index (χ2v) is 5.11. The van der Waals surface area contributed by atoms with Gasteiger partial charge in [0.05, 0.1) is 10.5 Å². The summed E-state index contributed by atoms with van der Waals surface area (Å²) in [6.45, 7) is 0.0106. The molecular formula is C17H15FN2O5. The molecule has 2 aromatic carbocycles. The van der Waals surface area contributed by atoms with Crippen molar-refractivity contribution in [2.45, 2.75) is 6.42 Å². The number of rotatable bonds is 8. The molecule has 0 bridgehead atoms. The van der Waals surface area contributed by atoms with Crippen LogP contribution in [0.2, 0.25) is 0 Å². The highest BCUT2D eigenvalue weighted by molar-refractivity contribution is 5.81. The van der Waals surface area contributed by atoms with E-state index in [-0.39, 0.29) is 29.4 Å². The molecule has 0 atom stereocenters. The topological polar surface area (TPSA) is 98.5 Å². The highest BCUT2D eigenvalue weighted by Gasteiger charge is 2.12. The molecule has 1 N–H and O–H groups in total. The van der Waals surface area contributed by atoms with Gasteiger partial charge >= 0.3 is 0 Å². The minimum atomic E-state index is -0.626. The van der Waals surface area contributed by atoms with Crippen LogP contribution in [0.15, 0.2) is 42.5 Å². The van der Waals surface area contributed by atoms with Crippen LogP contribution in [0.5, 0.6) is 5.75 Å². The van der Waals surface area contributed by atoms with Gasteiger partial charge in [-0.2, -0.15) is 0 Å². The second-order valence-electron chi connectivity index (χ2n) is 5.11. The number of non-ortho nitro benzene ring substituents is 1. The molecule has 0 spiro atoms. The molecule has 7 nitrogen and oxygen atoms in total. The fourth-order valence-corrected chi connectivity index (χ4v) is 2.06. The lowest BCUT2D eigenvalue weighted by Gasteiger charge is -2.09. The Kier molecular flexibility index (Phi) is 6.16. The first-order valence-corrected chi connectivity index (χ1v) is 7.37. The van der Waals surface area contributed by atoms with Crippen LogP contribution >= 0.6 is 0 Å². The molecule has 0 aromatic heterocycles. The Labute approximate surface area is 142 Å². The minimum Gasteiger partial charge on any atom is -0.483 e. The maximum atomic E-state index is 12.8. The van der Waals surface area contributed by atoms with E-state index in [4.69, 9.17) is 4.74 Å². The average Bonchev–Trinajstić information content (AvgIpc) is 2.61. The smallest absolute Gasteiger partial charge is 0.270 e. The summed E-state index contributed by atoms with van der Waals surface area (Å²) in [5, 5.41) is 13.3. The van der Waals surface area contributed by atoms with Gasteiger partial charge in [0.1, 0.15) is 11.6 Å². The van der Waals surface area contributed by atoms with Gasteiger partial charge in [0.25, 0.3) is 11.6 Å². The Hall–Kier alpha value is -3.29. The lowest BCUT2D eigenvalue weighted by Crippen LogP contribution is -2.30. The Morgan fingerprint density at radius 3 is 2.60 bits per heavy atom. The number of hydrogen-bond acceptors (Lipinski definition) is 5. The van der Waals surface area contributed by atoms with Gasteiger partial charge in [0.15, 0.2) is 12.9 Å². The van der Waals surface area contributed by atoms with Crippen molar-refractivity contribution in [3.05, 3.63) is 69.5 Å². The predicted octanol–water partition coefficient (Wildman–Crippen LogP) is 2.28. The number of nitrogens with one attached hydrogen (secondary N) is 1. The van der Waals surface area contributed by atoms with Gasteiger partial charge in [-0.1, -0.05) is 12.1 Å². The predicted molar refractivity (Wildman–Crippen MR) is 87.1 cm³/mol. The SMILES string of the molecule is O=Cc1cc([N+](=O)[O-])ccc1OCC(=O)NCCc1ccc(F)cc1. The quantitative estimate of drug-likeness (QED) is 0.449. The molecule has 0 radical (unpaired) electrons. The van der Waals surface area contributed by atoms with Crippen molar-refractivity contribution >= 4 is 17.9 Å². The number of benzene rings is 2. The molecule has 0 saturated carbocycles. The van der Waals surface area contributed by atoms with Crippen LogP contribution in [0, 0.1) is 15.9 Å². The molecule has 0 unspecified atom stereocenters. The van der Waals surface area contributed by atoms with Gasteiger partial charge in [-0.25, -0.2) is 4.39 Å². The third-order valence-electron chi connectivity index (χ3n) is 3.34. The van der Waals surface area contributed by atoms with E-state index in [1.807, 2.05) is 0 Å². The van der Waals surface area contributed by atoms with E-state index in [1.54, 1.807) is 12.1 Å². The van der Waals surface area contributed by atoms with E-state index in [9.17, 15) is 24.1 Å². The van der Waals surface area contributed by atoms with Crippen LogP contribution in [-0.2, 0) is 11.2 Å². The first-order chi connectivity index (χ1) is 12.0. The Balaban J connectivity index is 1.82. The second kappa shape index (κ2) is 8.53. The van der Waals surface area contributed by atoms with Crippen molar-refractivity contribution in [3.8, 4) is 5.75 Å². The fraction of sp³-hybridized carbons (Fsp3) is 0.176. The Morgan fingerprint density at radius 1 is 1.24 bits per heavy atom. The standard InChI is InChI=1S/C17H15FN2O5/c18-14-3-1-12(2-4-14)7-8-19-17(22)11-25-16-6-5-15(20(23)24)9-13(16)10-21/h1-6,9-10H,7-8,11H2,(H,19,22). The van der Waals surface area contributed by atoms with Gasteiger partial charge in [0.2, 0.25) is 0 Å². The Bertz CT molecular complexity index is 777. The van der Waals surface area contributed by atoms with E-state index in [1.165, 1.54) is 24.3 Å². The summed E-state index contributed by atoms with van der Waals surface area (Å²) < 4.78 is 18.0. The summed E-state index contributed by atoms with van der Waals surface area (Å²) >= 11 is 0. The van der Waals surface area contributed by atoms with Crippen LogP contribution in [0.4, 0.5) is 10.1 Å². The third-order valence-corrected chi connectivity index (χ3v) is 3.34. The zero-order valence-electron chi connectivity index (χ0n) is 13.1. The first kappa shape index (κ1) is 18.1. The number of nitro benzene ring substituents is 1. The van der Waals surface area contributed by atoms with Crippen molar-refractivity contribution in [1.82, 2.24) is 5.32 Å². The van der Waals surface area contributed by atoms with Crippen LogP contribution in [0.25, 0.3) is 0 Å². The van der Waals surface area contributed by atoms with Gasteiger partial charge in [-0.05, 0) is 30.2 Å². The van der Waals surface area contributed by atoms with Crippen molar-refractivity contribution in [1.29, 1.82) is 0 Å². The summed E-state index contributed by atoms with van der Waals surface area (Å²) in [5.74, 6) is -0.637. The zero-order valence-corrected chi connectivity index (χ0v) is 13.1. The summed E-state index contributed by atoms with van der Waals surface area (Å²) in [7, 11) is 0. The number of ether oxygens (including phenoxy) is 1. The van der Waals surface area contributed by atoms with Crippen molar-refractivity contribution in [2.75, 3.05) is 13.2 Å². The summed E-state index contributed by atoms with van der Waals surface area (Å²) in [4.78, 5) is 32.8. The molecule has 25 heavy (non-hydrogen) atoms. The third kappa shape index (κ3) is 5.38. The number of carbonyl (C=O) groups is 2. The largest absolute Gasteiger partial charge is 0.483 e. The van der Waals surface area contributed by atoms with Gasteiger partial charge < -0.3 is 10.1 Å². The van der Waals surface area contributed by atoms with E-state index in [0.717, 1.165) is 11.6 Å².